The Morgan fingerprint density at radius 3 is 2.47 bits per heavy atom. The van der Waals surface area contributed by atoms with Crippen LogP contribution >= 0.6 is 15.9 Å². The summed E-state index contributed by atoms with van der Waals surface area (Å²) < 4.78 is 5.38. The molecule has 2 rings (SSSR count). The van der Waals surface area contributed by atoms with E-state index in [1.165, 1.54) is 4.90 Å². The number of imide groups is 1. The molecule has 1 N–H and O–H groups in total. The summed E-state index contributed by atoms with van der Waals surface area (Å²) in [7, 11) is 0. The van der Waals surface area contributed by atoms with Crippen LogP contribution in [0.1, 0.15) is 33.1 Å². The molecule has 0 radical (unpaired) electrons. The van der Waals surface area contributed by atoms with Gasteiger partial charge in [0.1, 0.15) is 5.54 Å². The molecule has 2 aliphatic heterocycles. The molecule has 0 bridgehead atoms. The van der Waals surface area contributed by atoms with E-state index in [1.807, 2.05) is 6.92 Å². The maximum atomic E-state index is 12.4. The van der Waals surface area contributed by atoms with E-state index in [0.717, 1.165) is 18.2 Å². The molecular weight excluding hydrogens is 312 g/mol. The van der Waals surface area contributed by atoms with Gasteiger partial charge in [-0.15, -0.1) is 0 Å². The lowest BCUT2D eigenvalue weighted by Crippen LogP contribution is -2.47. The molecule has 6 heteroatoms. The third-order valence-corrected chi connectivity index (χ3v) is 5.57. The average molecular weight is 333 g/mol. The fourth-order valence-corrected chi connectivity index (χ4v) is 3.34. The van der Waals surface area contributed by atoms with Crippen molar-refractivity contribution in [2.45, 2.75) is 38.6 Å². The second kappa shape index (κ2) is 5.40. The second-order valence-corrected chi connectivity index (χ2v) is 6.31. The molecule has 0 aromatic heterocycles. The molecule has 0 spiro atoms. The van der Waals surface area contributed by atoms with Gasteiger partial charge in [0.2, 0.25) is 0 Å². The molecule has 0 aromatic rings. The van der Waals surface area contributed by atoms with Gasteiger partial charge in [0, 0.05) is 30.5 Å². The van der Waals surface area contributed by atoms with Crippen LogP contribution in [0.4, 0.5) is 4.79 Å². The molecule has 108 valence electrons. The number of nitrogens with one attached hydrogen (secondary N) is 1. The largest absolute Gasteiger partial charge is 0.381 e. The van der Waals surface area contributed by atoms with E-state index in [9.17, 15) is 9.59 Å². The first-order valence-corrected chi connectivity index (χ1v) is 7.86. The summed E-state index contributed by atoms with van der Waals surface area (Å²) in [6, 6.07) is -0.263. The molecular formula is C13H21BrN2O3. The van der Waals surface area contributed by atoms with E-state index >= 15 is 0 Å². The Kier molecular flexibility index (Phi) is 4.20. The van der Waals surface area contributed by atoms with Crippen LogP contribution in [-0.2, 0) is 9.53 Å². The summed E-state index contributed by atoms with van der Waals surface area (Å²) >= 11 is 3.54. The monoisotopic (exact) mass is 332 g/mol. The highest BCUT2D eigenvalue weighted by Crippen LogP contribution is 2.35. The number of carbonyl (C=O) groups is 2. The third kappa shape index (κ3) is 2.65. The minimum atomic E-state index is -0.740. The van der Waals surface area contributed by atoms with Gasteiger partial charge in [-0.3, -0.25) is 9.69 Å². The predicted molar refractivity (Wildman–Crippen MR) is 75.2 cm³/mol. The first-order valence-electron chi connectivity index (χ1n) is 6.74. The lowest BCUT2D eigenvalue weighted by atomic mass is 9.81. The summed E-state index contributed by atoms with van der Waals surface area (Å²) in [5.41, 5.74) is -0.792. The number of carbonyl (C=O) groups excluding carboxylic acids is 2. The quantitative estimate of drug-likeness (QED) is 0.631. The zero-order chi connectivity index (χ0) is 14.1. The second-order valence-electron chi connectivity index (χ2n) is 5.75. The van der Waals surface area contributed by atoms with Crippen LogP contribution in [0.25, 0.3) is 0 Å². The van der Waals surface area contributed by atoms with Crippen molar-refractivity contribution in [3.05, 3.63) is 0 Å². The molecule has 5 nitrogen and oxygen atoms in total. The van der Waals surface area contributed by atoms with E-state index in [2.05, 4.69) is 21.2 Å². The molecule has 0 saturated carbocycles. The zero-order valence-electron chi connectivity index (χ0n) is 11.5. The van der Waals surface area contributed by atoms with Gasteiger partial charge in [-0.2, -0.15) is 0 Å². The molecule has 3 amide bonds. The molecule has 2 fully saturated rings. The molecule has 0 aromatic carbocycles. The third-order valence-electron chi connectivity index (χ3n) is 4.38. The number of hydrogen-bond donors (Lipinski definition) is 1. The van der Waals surface area contributed by atoms with Crippen LogP contribution in [0.3, 0.4) is 0 Å². The highest BCUT2D eigenvalue weighted by Gasteiger charge is 2.49. The number of ether oxygens (including phenoxy) is 1. The van der Waals surface area contributed by atoms with E-state index in [-0.39, 0.29) is 17.4 Å². The standard InChI is InChI=1S/C13H21BrN2O3/c1-3-12(2)10(17)16(11(18)15-12)9-13(8-14)4-6-19-7-5-13/h3-9H2,1-2H3,(H,15,18). The fraction of sp³-hybridized carbons (Fsp3) is 0.846. The fourth-order valence-electron chi connectivity index (χ4n) is 2.60. The maximum Gasteiger partial charge on any atom is 0.325 e. The lowest BCUT2D eigenvalue weighted by Gasteiger charge is -2.37. The number of nitrogens with zero attached hydrogens (tertiary/aromatic N) is 1. The SMILES string of the molecule is CCC1(C)NC(=O)N(CC2(CBr)CCOCC2)C1=O. The summed E-state index contributed by atoms with van der Waals surface area (Å²) in [5.74, 6) is -0.105. The van der Waals surface area contributed by atoms with Crippen molar-refractivity contribution >= 4 is 27.9 Å². The van der Waals surface area contributed by atoms with Crippen LogP contribution in [0.2, 0.25) is 0 Å². The molecule has 2 saturated heterocycles. The predicted octanol–water partition coefficient (Wildman–Crippen LogP) is 1.90. The Balaban J connectivity index is 2.14. The van der Waals surface area contributed by atoms with Gasteiger partial charge in [0.05, 0.1) is 0 Å². The highest BCUT2D eigenvalue weighted by atomic mass is 79.9. The smallest absolute Gasteiger partial charge is 0.325 e. The Hall–Kier alpha value is -0.620. The lowest BCUT2D eigenvalue weighted by molar-refractivity contribution is -0.132. The normalized spacial score (nSPS) is 30.6. The van der Waals surface area contributed by atoms with Gasteiger partial charge in [-0.05, 0) is 26.2 Å². The van der Waals surface area contributed by atoms with Crippen molar-refractivity contribution in [2.75, 3.05) is 25.1 Å². The van der Waals surface area contributed by atoms with Crippen molar-refractivity contribution in [1.82, 2.24) is 10.2 Å². The van der Waals surface area contributed by atoms with Gasteiger partial charge in [-0.25, -0.2) is 4.79 Å². The maximum absolute atomic E-state index is 12.4. The molecule has 0 aliphatic carbocycles. The molecule has 1 unspecified atom stereocenters. The van der Waals surface area contributed by atoms with Gasteiger partial charge in [0.15, 0.2) is 0 Å². The average Bonchev–Trinajstić information content (AvgIpc) is 2.64. The Labute approximate surface area is 122 Å². The number of amides is 3. The number of hydrogen-bond acceptors (Lipinski definition) is 3. The van der Waals surface area contributed by atoms with Crippen LogP contribution in [0, 0.1) is 5.41 Å². The van der Waals surface area contributed by atoms with Crippen LogP contribution < -0.4 is 5.32 Å². The molecule has 2 aliphatic rings. The van der Waals surface area contributed by atoms with Gasteiger partial charge in [0.25, 0.3) is 5.91 Å². The van der Waals surface area contributed by atoms with Crippen LogP contribution in [-0.4, -0.2) is 47.5 Å². The van der Waals surface area contributed by atoms with Crippen molar-refractivity contribution < 1.29 is 14.3 Å². The number of urea groups is 1. The minimum Gasteiger partial charge on any atom is -0.381 e. The first-order chi connectivity index (χ1) is 8.96. The Morgan fingerprint density at radius 2 is 2.00 bits per heavy atom. The first kappa shape index (κ1) is 14.8. The minimum absolute atomic E-state index is 0.0513. The van der Waals surface area contributed by atoms with Crippen molar-refractivity contribution in [3.8, 4) is 0 Å². The highest BCUT2D eigenvalue weighted by molar-refractivity contribution is 9.09. The topological polar surface area (TPSA) is 58.6 Å². The molecule has 19 heavy (non-hydrogen) atoms. The summed E-state index contributed by atoms with van der Waals surface area (Å²) in [6.45, 7) is 5.57. The van der Waals surface area contributed by atoms with E-state index in [0.29, 0.717) is 26.2 Å². The Bertz CT molecular complexity index is 382. The van der Waals surface area contributed by atoms with E-state index in [4.69, 9.17) is 4.74 Å². The van der Waals surface area contributed by atoms with E-state index < -0.39 is 5.54 Å². The van der Waals surface area contributed by atoms with Crippen molar-refractivity contribution in [3.63, 3.8) is 0 Å². The number of halogens is 1. The number of rotatable bonds is 4. The zero-order valence-corrected chi connectivity index (χ0v) is 13.1. The van der Waals surface area contributed by atoms with Gasteiger partial charge < -0.3 is 10.1 Å². The summed E-state index contributed by atoms with van der Waals surface area (Å²) in [6.07, 6.45) is 2.36. The summed E-state index contributed by atoms with van der Waals surface area (Å²) in [4.78, 5) is 25.8. The Morgan fingerprint density at radius 1 is 1.37 bits per heavy atom. The molecule has 1 atom stereocenters. The number of alkyl halides is 1. The van der Waals surface area contributed by atoms with Gasteiger partial charge in [-0.1, -0.05) is 22.9 Å². The molecule has 2 heterocycles. The van der Waals surface area contributed by atoms with Crippen molar-refractivity contribution in [1.29, 1.82) is 0 Å². The van der Waals surface area contributed by atoms with Crippen LogP contribution in [0.5, 0.6) is 0 Å². The van der Waals surface area contributed by atoms with Gasteiger partial charge >= 0.3 is 6.03 Å². The summed E-state index contributed by atoms with van der Waals surface area (Å²) in [5, 5.41) is 3.58. The van der Waals surface area contributed by atoms with E-state index in [1.54, 1.807) is 6.92 Å². The van der Waals surface area contributed by atoms with Crippen molar-refractivity contribution in [2.24, 2.45) is 5.41 Å². The van der Waals surface area contributed by atoms with Crippen LogP contribution in [0.15, 0.2) is 0 Å².